The Bertz CT molecular complexity index is 450. The Hall–Kier alpha value is -0.970. The highest BCUT2D eigenvalue weighted by molar-refractivity contribution is 7.80. The standard InChI is InChI=1S/C15H22N2OS/c1-3-13-10-18-11(2)8-17(13)9-12-6-4-5-7-14(12)15(16)19/h4-7,11,13H,3,8-10H2,1-2H3,(H2,16,19). The van der Waals surface area contributed by atoms with E-state index in [0.717, 1.165) is 31.7 Å². The maximum Gasteiger partial charge on any atom is 0.104 e. The molecule has 4 heteroatoms. The van der Waals surface area contributed by atoms with Crippen LogP contribution in [0.25, 0.3) is 0 Å². The Labute approximate surface area is 120 Å². The first-order valence-electron chi connectivity index (χ1n) is 6.85. The highest BCUT2D eigenvalue weighted by Crippen LogP contribution is 2.19. The molecule has 0 spiro atoms. The van der Waals surface area contributed by atoms with Crippen LogP contribution >= 0.6 is 12.2 Å². The van der Waals surface area contributed by atoms with Crippen molar-refractivity contribution in [2.45, 2.75) is 39.0 Å². The SMILES string of the molecule is CCC1COC(C)CN1Cc1ccccc1C(N)=S. The Morgan fingerprint density at radius 1 is 1.47 bits per heavy atom. The first kappa shape index (κ1) is 14.4. The van der Waals surface area contributed by atoms with E-state index in [9.17, 15) is 0 Å². The van der Waals surface area contributed by atoms with E-state index in [-0.39, 0.29) is 0 Å². The molecule has 0 bridgehead atoms. The smallest absolute Gasteiger partial charge is 0.104 e. The fraction of sp³-hybridized carbons (Fsp3) is 0.533. The van der Waals surface area contributed by atoms with E-state index in [1.165, 1.54) is 5.56 Å². The van der Waals surface area contributed by atoms with Gasteiger partial charge < -0.3 is 10.5 Å². The Morgan fingerprint density at radius 2 is 2.21 bits per heavy atom. The van der Waals surface area contributed by atoms with Crippen molar-refractivity contribution in [3.8, 4) is 0 Å². The average Bonchev–Trinajstić information content (AvgIpc) is 2.39. The molecule has 1 aliphatic rings. The molecule has 2 atom stereocenters. The Kier molecular flexibility index (Phi) is 4.91. The van der Waals surface area contributed by atoms with Gasteiger partial charge in [0.15, 0.2) is 0 Å². The molecule has 1 aliphatic heterocycles. The van der Waals surface area contributed by atoms with Gasteiger partial charge in [0.1, 0.15) is 4.99 Å². The van der Waals surface area contributed by atoms with Gasteiger partial charge in [-0.25, -0.2) is 0 Å². The Balaban J connectivity index is 2.17. The molecule has 1 aromatic carbocycles. The normalized spacial score (nSPS) is 24.3. The van der Waals surface area contributed by atoms with E-state index in [1.54, 1.807) is 0 Å². The van der Waals surface area contributed by atoms with Crippen LogP contribution in [-0.2, 0) is 11.3 Å². The average molecular weight is 278 g/mol. The van der Waals surface area contributed by atoms with E-state index in [0.29, 0.717) is 17.1 Å². The molecule has 3 nitrogen and oxygen atoms in total. The zero-order valence-electron chi connectivity index (χ0n) is 11.6. The first-order valence-corrected chi connectivity index (χ1v) is 7.26. The molecule has 1 heterocycles. The molecule has 0 aliphatic carbocycles. The minimum Gasteiger partial charge on any atom is -0.389 e. The summed E-state index contributed by atoms with van der Waals surface area (Å²) in [6.07, 6.45) is 1.39. The van der Waals surface area contributed by atoms with Crippen molar-refractivity contribution in [1.82, 2.24) is 4.90 Å². The molecule has 104 valence electrons. The fourth-order valence-corrected chi connectivity index (χ4v) is 2.80. The van der Waals surface area contributed by atoms with Gasteiger partial charge >= 0.3 is 0 Å². The fourth-order valence-electron chi connectivity index (χ4n) is 2.60. The molecule has 1 fully saturated rings. The van der Waals surface area contributed by atoms with Gasteiger partial charge in [0.05, 0.1) is 12.7 Å². The van der Waals surface area contributed by atoms with Gasteiger partial charge in [-0.2, -0.15) is 0 Å². The van der Waals surface area contributed by atoms with Gasteiger partial charge in [-0.15, -0.1) is 0 Å². The van der Waals surface area contributed by atoms with Crippen molar-refractivity contribution in [2.24, 2.45) is 5.73 Å². The minimum absolute atomic E-state index is 0.291. The van der Waals surface area contributed by atoms with Crippen LogP contribution < -0.4 is 5.73 Å². The molecule has 1 saturated heterocycles. The minimum atomic E-state index is 0.291. The number of ether oxygens (including phenoxy) is 1. The van der Waals surface area contributed by atoms with E-state index in [1.807, 2.05) is 18.2 Å². The number of thiocarbonyl (C=S) groups is 1. The first-order chi connectivity index (χ1) is 9.11. The molecule has 0 amide bonds. The largest absolute Gasteiger partial charge is 0.389 e. The zero-order valence-corrected chi connectivity index (χ0v) is 12.5. The molecule has 1 aromatic rings. The molecule has 2 rings (SSSR count). The van der Waals surface area contributed by atoms with Crippen LogP contribution in [0.5, 0.6) is 0 Å². The number of hydrogen-bond donors (Lipinski definition) is 1. The predicted molar refractivity (Wildman–Crippen MR) is 82.2 cm³/mol. The molecule has 19 heavy (non-hydrogen) atoms. The summed E-state index contributed by atoms with van der Waals surface area (Å²) in [6, 6.07) is 8.62. The predicted octanol–water partition coefficient (Wildman–Crippen LogP) is 2.32. The van der Waals surface area contributed by atoms with Crippen molar-refractivity contribution >= 4 is 17.2 Å². The van der Waals surface area contributed by atoms with E-state index in [2.05, 4.69) is 24.8 Å². The number of hydrogen-bond acceptors (Lipinski definition) is 3. The van der Waals surface area contributed by atoms with Gasteiger partial charge in [0.2, 0.25) is 0 Å². The van der Waals surface area contributed by atoms with Crippen LogP contribution in [-0.4, -0.2) is 35.2 Å². The summed E-state index contributed by atoms with van der Waals surface area (Å²) in [6.45, 7) is 6.99. The molecular weight excluding hydrogens is 256 g/mol. The van der Waals surface area contributed by atoms with Crippen molar-refractivity contribution in [1.29, 1.82) is 0 Å². The lowest BCUT2D eigenvalue weighted by molar-refractivity contribution is -0.0592. The topological polar surface area (TPSA) is 38.5 Å². The van der Waals surface area contributed by atoms with E-state index < -0.39 is 0 Å². The van der Waals surface area contributed by atoms with Gasteiger partial charge in [0, 0.05) is 24.7 Å². The summed E-state index contributed by atoms with van der Waals surface area (Å²) < 4.78 is 5.73. The second-order valence-corrected chi connectivity index (χ2v) is 5.60. The van der Waals surface area contributed by atoms with Crippen molar-refractivity contribution in [3.63, 3.8) is 0 Å². The summed E-state index contributed by atoms with van der Waals surface area (Å²) in [5.74, 6) is 0. The van der Waals surface area contributed by atoms with Crippen LogP contribution in [0.15, 0.2) is 24.3 Å². The van der Waals surface area contributed by atoms with Crippen molar-refractivity contribution in [3.05, 3.63) is 35.4 Å². The maximum atomic E-state index is 5.80. The van der Waals surface area contributed by atoms with Crippen molar-refractivity contribution in [2.75, 3.05) is 13.2 Å². The van der Waals surface area contributed by atoms with Crippen LogP contribution in [0.3, 0.4) is 0 Å². The third-order valence-electron chi connectivity index (χ3n) is 3.71. The van der Waals surface area contributed by atoms with Crippen molar-refractivity contribution < 1.29 is 4.74 Å². The highest BCUT2D eigenvalue weighted by atomic mass is 32.1. The summed E-state index contributed by atoms with van der Waals surface area (Å²) >= 11 is 5.13. The summed E-state index contributed by atoms with van der Waals surface area (Å²) in [5, 5.41) is 0. The van der Waals surface area contributed by atoms with E-state index >= 15 is 0 Å². The molecule has 0 radical (unpaired) electrons. The monoisotopic (exact) mass is 278 g/mol. The van der Waals surface area contributed by atoms with Gasteiger partial charge in [-0.05, 0) is 18.9 Å². The third-order valence-corrected chi connectivity index (χ3v) is 3.93. The lowest BCUT2D eigenvalue weighted by Gasteiger charge is -2.38. The van der Waals surface area contributed by atoms with Gasteiger partial charge in [0.25, 0.3) is 0 Å². The third kappa shape index (κ3) is 3.53. The van der Waals surface area contributed by atoms with Crippen LogP contribution in [0.2, 0.25) is 0 Å². The summed E-state index contributed by atoms with van der Waals surface area (Å²) in [5.41, 5.74) is 8.01. The zero-order chi connectivity index (χ0) is 13.8. The molecule has 2 unspecified atom stereocenters. The second-order valence-electron chi connectivity index (χ2n) is 5.16. The molecule has 0 saturated carbocycles. The van der Waals surface area contributed by atoms with Gasteiger partial charge in [-0.1, -0.05) is 43.4 Å². The molecule has 0 aromatic heterocycles. The van der Waals surface area contributed by atoms with Crippen LogP contribution in [0.4, 0.5) is 0 Å². The van der Waals surface area contributed by atoms with Crippen LogP contribution in [0, 0.1) is 0 Å². The number of morpholine rings is 1. The number of nitrogens with zero attached hydrogens (tertiary/aromatic N) is 1. The quantitative estimate of drug-likeness (QED) is 0.858. The number of nitrogens with two attached hydrogens (primary N) is 1. The second kappa shape index (κ2) is 6.46. The van der Waals surface area contributed by atoms with E-state index in [4.69, 9.17) is 22.7 Å². The Morgan fingerprint density at radius 3 is 2.89 bits per heavy atom. The summed E-state index contributed by atoms with van der Waals surface area (Å²) in [7, 11) is 0. The number of benzene rings is 1. The molecular formula is C15H22N2OS. The molecule has 2 N–H and O–H groups in total. The maximum absolute atomic E-state index is 5.80. The summed E-state index contributed by atoms with van der Waals surface area (Å²) in [4.78, 5) is 2.95. The van der Waals surface area contributed by atoms with Gasteiger partial charge in [-0.3, -0.25) is 4.90 Å². The lowest BCUT2D eigenvalue weighted by Crippen LogP contribution is -2.48. The highest BCUT2D eigenvalue weighted by Gasteiger charge is 2.26. The van der Waals surface area contributed by atoms with Crippen LogP contribution in [0.1, 0.15) is 31.4 Å². The lowest BCUT2D eigenvalue weighted by atomic mass is 10.0. The number of rotatable bonds is 4.